The van der Waals surface area contributed by atoms with Gasteiger partial charge in [0, 0.05) is 30.4 Å². The Labute approximate surface area is 122 Å². The number of nitrogens with one attached hydrogen (secondary N) is 2. The quantitative estimate of drug-likeness (QED) is 0.738. The number of primary sulfonamides is 1. The molecule has 0 radical (unpaired) electrons. The number of carbonyl (C=O) groups is 1. The Morgan fingerprint density at radius 3 is 2.81 bits per heavy atom. The highest BCUT2D eigenvalue weighted by Gasteiger charge is 2.14. The molecule has 0 spiro atoms. The topological polar surface area (TPSA) is 118 Å². The van der Waals surface area contributed by atoms with Crippen molar-refractivity contribution in [3.05, 3.63) is 47.5 Å². The van der Waals surface area contributed by atoms with Crippen molar-refractivity contribution in [3.8, 4) is 0 Å². The number of aromatic nitrogens is 2. The zero-order valence-electron chi connectivity index (χ0n) is 11.5. The number of amides is 1. The van der Waals surface area contributed by atoms with Gasteiger partial charge in [-0.1, -0.05) is 6.07 Å². The number of hydrogen-bond acceptors (Lipinski definition) is 4. The molecular weight excluding hydrogens is 292 g/mol. The van der Waals surface area contributed by atoms with E-state index in [4.69, 9.17) is 5.14 Å². The van der Waals surface area contributed by atoms with Crippen LogP contribution in [0.5, 0.6) is 0 Å². The highest BCUT2D eigenvalue weighted by Crippen LogP contribution is 2.14. The summed E-state index contributed by atoms with van der Waals surface area (Å²) < 4.78 is 22.6. The Balaban J connectivity index is 2.08. The van der Waals surface area contributed by atoms with Crippen LogP contribution in [-0.2, 0) is 16.4 Å². The molecule has 1 amide bonds. The first-order valence-corrected chi connectivity index (χ1v) is 7.81. The van der Waals surface area contributed by atoms with Crippen LogP contribution in [0, 0.1) is 6.92 Å². The van der Waals surface area contributed by atoms with E-state index >= 15 is 0 Å². The average molecular weight is 308 g/mol. The summed E-state index contributed by atoms with van der Waals surface area (Å²) in [5.41, 5.74) is 1.89. The molecule has 0 unspecified atom stereocenters. The third kappa shape index (κ3) is 3.89. The lowest BCUT2D eigenvalue weighted by atomic mass is 10.1. The van der Waals surface area contributed by atoms with E-state index in [1.807, 2.05) is 0 Å². The molecule has 2 aromatic rings. The van der Waals surface area contributed by atoms with Gasteiger partial charge >= 0.3 is 0 Å². The lowest BCUT2D eigenvalue weighted by Crippen LogP contribution is -2.27. The zero-order valence-corrected chi connectivity index (χ0v) is 12.3. The van der Waals surface area contributed by atoms with Crippen LogP contribution in [0.1, 0.15) is 21.6 Å². The molecule has 0 aliphatic heterocycles. The van der Waals surface area contributed by atoms with Crippen molar-refractivity contribution < 1.29 is 13.2 Å². The third-order valence-electron chi connectivity index (χ3n) is 3.02. The number of carbonyl (C=O) groups excluding carboxylic acids is 1. The molecule has 0 bridgehead atoms. The van der Waals surface area contributed by atoms with Crippen molar-refractivity contribution in [2.45, 2.75) is 18.2 Å². The first-order valence-electron chi connectivity index (χ1n) is 6.27. The van der Waals surface area contributed by atoms with Gasteiger partial charge in [0.25, 0.3) is 5.91 Å². The maximum Gasteiger partial charge on any atom is 0.251 e. The number of imidazole rings is 1. The Morgan fingerprint density at radius 1 is 1.43 bits per heavy atom. The van der Waals surface area contributed by atoms with Gasteiger partial charge in [-0.05, 0) is 24.6 Å². The van der Waals surface area contributed by atoms with Crippen LogP contribution in [0.25, 0.3) is 0 Å². The van der Waals surface area contributed by atoms with Gasteiger partial charge in [0.15, 0.2) is 0 Å². The number of sulfonamides is 1. The summed E-state index contributed by atoms with van der Waals surface area (Å²) >= 11 is 0. The predicted molar refractivity (Wildman–Crippen MR) is 77.2 cm³/mol. The first-order chi connectivity index (χ1) is 9.88. The number of aromatic amines is 1. The average Bonchev–Trinajstić information content (AvgIpc) is 2.91. The normalized spacial score (nSPS) is 11.3. The fourth-order valence-electron chi connectivity index (χ4n) is 1.85. The van der Waals surface area contributed by atoms with E-state index in [9.17, 15) is 13.2 Å². The summed E-state index contributed by atoms with van der Waals surface area (Å²) in [7, 11) is -3.82. The fourth-order valence-corrected chi connectivity index (χ4v) is 2.39. The van der Waals surface area contributed by atoms with Gasteiger partial charge in [-0.2, -0.15) is 0 Å². The minimum Gasteiger partial charge on any atom is -0.352 e. The number of aryl methyl sites for hydroxylation is 1. The maximum atomic E-state index is 12.1. The predicted octanol–water partition coefficient (Wildman–Crippen LogP) is 0.338. The van der Waals surface area contributed by atoms with Crippen molar-refractivity contribution in [1.29, 1.82) is 0 Å². The number of benzene rings is 1. The van der Waals surface area contributed by atoms with E-state index in [2.05, 4.69) is 15.3 Å². The van der Waals surface area contributed by atoms with Crippen LogP contribution in [0.2, 0.25) is 0 Å². The van der Waals surface area contributed by atoms with E-state index in [1.165, 1.54) is 12.1 Å². The third-order valence-corrected chi connectivity index (χ3v) is 3.93. The molecule has 0 fully saturated rings. The molecule has 0 saturated heterocycles. The van der Waals surface area contributed by atoms with E-state index in [0.717, 1.165) is 5.69 Å². The number of rotatable bonds is 5. The van der Waals surface area contributed by atoms with Crippen molar-refractivity contribution in [3.63, 3.8) is 0 Å². The molecule has 0 aliphatic rings. The van der Waals surface area contributed by atoms with Crippen LogP contribution in [-0.4, -0.2) is 30.8 Å². The molecule has 0 atom stereocenters. The summed E-state index contributed by atoms with van der Waals surface area (Å²) in [4.78, 5) is 18.8. The molecule has 0 aliphatic carbocycles. The molecule has 0 saturated carbocycles. The van der Waals surface area contributed by atoms with Crippen LogP contribution in [0.4, 0.5) is 0 Å². The summed E-state index contributed by atoms with van der Waals surface area (Å²) in [6, 6.07) is 4.23. The molecule has 4 N–H and O–H groups in total. The lowest BCUT2D eigenvalue weighted by molar-refractivity contribution is 0.0953. The second-order valence-corrected chi connectivity index (χ2v) is 6.17. The second kappa shape index (κ2) is 6.06. The summed E-state index contributed by atoms with van der Waals surface area (Å²) in [6.07, 6.45) is 3.86. The zero-order chi connectivity index (χ0) is 15.5. The molecule has 1 heterocycles. The van der Waals surface area contributed by atoms with Crippen LogP contribution < -0.4 is 10.5 Å². The highest BCUT2D eigenvalue weighted by molar-refractivity contribution is 7.89. The van der Waals surface area contributed by atoms with Crippen LogP contribution in [0.3, 0.4) is 0 Å². The minimum atomic E-state index is -3.82. The van der Waals surface area contributed by atoms with Gasteiger partial charge in [0.1, 0.15) is 0 Å². The summed E-state index contributed by atoms with van der Waals surface area (Å²) in [6.45, 7) is 2.15. The Morgan fingerprint density at radius 2 is 2.19 bits per heavy atom. The number of H-pyrrole nitrogens is 1. The molecule has 1 aromatic heterocycles. The SMILES string of the molecule is Cc1ccc(S(N)(=O)=O)cc1C(=O)NCCc1cnc[nH]1. The van der Waals surface area contributed by atoms with Crippen molar-refractivity contribution in [2.24, 2.45) is 5.14 Å². The smallest absolute Gasteiger partial charge is 0.251 e. The Hall–Kier alpha value is -2.19. The van der Waals surface area contributed by atoms with Gasteiger partial charge in [0.05, 0.1) is 11.2 Å². The largest absolute Gasteiger partial charge is 0.352 e. The number of nitrogens with zero attached hydrogens (tertiary/aromatic N) is 1. The molecule has 7 nitrogen and oxygen atoms in total. The fraction of sp³-hybridized carbons (Fsp3) is 0.231. The van der Waals surface area contributed by atoms with E-state index in [1.54, 1.807) is 25.5 Å². The standard InChI is InChI=1S/C13H16N4O3S/c1-9-2-3-11(21(14,19)20)6-12(9)13(18)16-5-4-10-7-15-8-17-10/h2-3,6-8H,4-5H2,1H3,(H,15,17)(H,16,18)(H2,14,19,20). The number of hydrogen-bond donors (Lipinski definition) is 3. The molecule has 1 aromatic carbocycles. The maximum absolute atomic E-state index is 12.1. The van der Waals surface area contributed by atoms with Gasteiger partial charge < -0.3 is 10.3 Å². The van der Waals surface area contributed by atoms with E-state index in [-0.39, 0.29) is 10.8 Å². The first kappa shape index (κ1) is 15.2. The number of nitrogens with two attached hydrogens (primary N) is 1. The van der Waals surface area contributed by atoms with Gasteiger partial charge in [-0.15, -0.1) is 0 Å². The summed E-state index contributed by atoms with van der Waals surface area (Å²) in [5.74, 6) is -0.336. The minimum absolute atomic E-state index is 0.0770. The molecule has 112 valence electrons. The van der Waals surface area contributed by atoms with E-state index in [0.29, 0.717) is 24.1 Å². The molecule has 21 heavy (non-hydrogen) atoms. The molecule has 8 heteroatoms. The van der Waals surface area contributed by atoms with Crippen LogP contribution >= 0.6 is 0 Å². The molecule has 2 rings (SSSR count). The Bertz CT molecular complexity index is 739. The highest BCUT2D eigenvalue weighted by atomic mass is 32.2. The van der Waals surface area contributed by atoms with E-state index < -0.39 is 10.0 Å². The van der Waals surface area contributed by atoms with Gasteiger partial charge in [-0.3, -0.25) is 4.79 Å². The van der Waals surface area contributed by atoms with Crippen molar-refractivity contribution in [2.75, 3.05) is 6.54 Å². The van der Waals surface area contributed by atoms with Crippen molar-refractivity contribution in [1.82, 2.24) is 15.3 Å². The van der Waals surface area contributed by atoms with Crippen LogP contribution in [0.15, 0.2) is 35.6 Å². The van der Waals surface area contributed by atoms with Gasteiger partial charge in [0.2, 0.25) is 10.0 Å². The molecular formula is C13H16N4O3S. The lowest BCUT2D eigenvalue weighted by Gasteiger charge is -2.08. The van der Waals surface area contributed by atoms with Gasteiger partial charge in [-0.25, -0.2) is 18.5 Å². The van der Waals surface area contributed by atoms with Crippen molar-refractivity contribution >= 4 is 15.9 Å². The monoisotopic (exact) mass is 308 g/mol. The second-order valence-electron chi connectivity index (χ2n) is 4.60. The Kier molecular flexibility index (Phi) is 4.39. The summed E-state index contributed by atoms with van der Waals surface area (Å²) in [5, 5.41) is 7.80.